The van der Waals surface area contributed by atoms with Gasteiger partial charge in [-0.05, 0) is 153 Å². The van der Waals surface area contributed by atoms with Crippen LogP contribution in [-0.2, 0) is 0 Å². The molecule has 3 aromatic heterocycles. The van der Waals surface area contributed by atoms with Gasteiger partial charge in [-0.15, -0.1) is 0 Å². The highest BCUT2D eigenvalue weighted by molar-refractivity contribution is 7.00. The summed E-state index contributed by atoms with van der Waals surface area (Å²) in [5.74, 6) is 0. The lowest BCUT2D eigenvalue weighted by atomic mass is 9.33. The van der Waals surface area contributed by atoms with Crippen LogP contribution in [0.5, 0.6) is 0 Å². The SMILES string of the molecule is [2H]c1c([2H])c([2H])c(-c2ccc3c(c2)N(c2ccc(C#N)c(-n4c5ccccc5c5ccccc54)c2)c2cc(-n4c5c([2H])c([2H])c([2H])c([2H])c5c5c([2H])c([2H])c([2H])c([2H])c54)cc4c2B3c2ccc(-n3c5c([2H])c([2H])c([2H])c([2H])c5c5c([2H])c([2H])c([2H])c([2H])c53)cc2N4c2cc(-c3ccccc3)cc(-c3ccccc3)c2)c([2H])c1[2H]. The van der Waals surface area contributed by atoms with Crippen molar-refractivity contribution in [3.05, 3.63) is 327 Å². The van der Waals surface area contributed by atoms with Crippen molar-refractivity contribution in [2.75, 3.05) is 9.80 Å². The first-order valence-corrected chi connectivity index (χ1v) is 29.8. The van der Waals surface area contributed by atoms with E-state index in [0.29, 0.717) is 56.2 Å². The second kappa shape index (κ2) is 20.3. The van der Waals surface area contributed by atoms with E-state index in [9.17, 15) is 21.7 Å². The van der Waals surface area contributed by atoms with E-state index in [1.807, 2.05) is 160 Å². The van der Waals surface area contributed by atoms with Crippen molar-refractivity contribution >= 4 is 123 Å². The molecule has 0 saturated carbocycles. The molecule has 5 heterocycles. The van der Waals surface area contributed by atoms with Crippen molar-refractivity contribution in [3.63, 3.8) is 0 Å². The summed E-state index contributed by atoms with van der Waals surface area (Å²) in [5, 5.41) is 12.4. The zero-order valence-electron chi connectivity index (χ0n) is 69.2. The molecular formula is C85H53BN6. The molecule has 426 valence electrons. The summed E-state index contributed by atoms with van der Waals surface area (Å²) in [6.07, 6.45) is 0. The van der Waals surface area contributed by atoms with Gasteiger partial charge in [0.1, 0.15) is 6.07 Å². The number of nitriles is 1. The Morgan fingerprint density at radius 3 is 1.28 bits per heavy atom. The second-order valence-corrected chi connectivity index (χ2v) is 22.8. The summed E-state index contributed by atoms with van der Waals surface area (Å²) in [6.45, 7) is -0.976. The standard InChI is InChI=1S/C85H53BN6/c87-54-59-40-42-62(50-80(59)92-78-38-20-14-32-70(78)71-33-15-21-39-79(71)92)89-81-49-58(55-22-4-1-5-23-55)41-44-72(81)86-73-45-43-63(88-74-34-16-10-28-66(74)67-29-11-17-35-75(67)88)51-82(73)91(64-47-60(56-24-6-2-7-25-56)46-61(48-64)57-26-8-3-9-27-57)84-53-65(52-83(89)85(84)86)90-76-36-18-12-30-68(76)69-31-13-19-37-77(69)90/h1-53H/i1D,4D,5D,10D,11D,12D,13D,16D,17D,18D,19D,22D,23D,28D,29D,30D,31D,34D,35D,36D,37D. The first kappa shape index (κ1) is 35.0. The maximum atomic E-state index is 11.4. The number of hydrogen-bond donors (Lipinski definition) is 0. The highest BCUT2D eigenvalue weighted by Crippen LogP contribution is 2.50. The smallest absolute Gasteiger partial charge is 0.252 e. The number of rotatable bonds is 8. The number of nitrogens with zero attached hydrogens (tertiary/aromatic N) is 6. The van der Waals surface area contributed by atoms with Crippen molar-refractivity contribution in [2.24, 2.45) is 0 Å². The molecule has 0 atom stereocenters. The fourth-order valence-electron chi connectivity index (χ4n) is 14.2. The normalized spacial score (nSPS) is 15.7. The van der Waals surface area contributed by atoms with E-state index < -0.39 is 134 Å². The predicted molar refractivity (Wildman–Crippen MR) is 385 cm³/mol. The molecule has 0 amide bonds. The third-order valence-electron chi connectivity index (χ3n) is 18.0. The molecule has 0 N–H and O–H groups in total. The third-order valence-corrected chi connectivity index (χ3v) is 18.0. The van der Waals surface area contributed by atoms with Crippen LogP contribution in [0.25, 0.3) is 116 Å². The minimum Gasteiger partial charge on any atom is -0.311 e. The first-order valence-electron chi connectivity index (χ1n) is 40.3. The summed E-state index contributed by atoms with van der Waals surface area (Å²) in [7, 11) is 0. The minimum atomic E-state index is -0.976. The number of para-hydroxylation sites is 6. The van der Waals surface area contributed by atoms with Crippen molar-refractivity contribution in [1.29, 1.82) is 5.26 Å². The Kier molecular flexibility index (Phi) is 7.74. The molecule has 0 saturated heterocycles. The monoisotopic (exact) mass is 1190 g/mol. The van der Waals surface area contributed by atoms with Gasteiger partial charge < -0.3 is 23.5 Å². The van der Waals surface area contributed by atoms with E-state index in [-0.39, 0.29) is 71.7 Å². The fourth-order valence-corrected chi connectivity index (χ4v) is 14.2. The Morgan fingerprint density at radius 1 is 0.283 bits per heavy atom. The van der Waals surface area contributed by atoms with Gasteiger partial charge in [-0.25, -0.2) is 0 Å². The molecule has 14 aromatic carbocycles. The number of hydrogen-bond acceptors (Lipinski definition) is 3. The number of anilines is 6. The van der Waals surface area contributed by atoms with Gasteiger partial charge in [-0.2, -0.15) is 5.26 Å². The van der Waals surface area contributed by atoms with Crippen molar-refractivity contribution in [2.45, 2.75) is 0 Å². The summed E-state index contributed by atoms with van der Waals surface area (Å²) in [5.41, 5.74) is 8.56. The lowest BCUT2D eigenvalue weighted by molar-refractivity contribution is 1.14. The van der Waals surface area contributed by atoms with Crippen LogP contribution < -0.4 is 26.2 Å². The van der Waals surface area contributed by atoms with E-state index in [1.165, 1.54) is 9.13 Å². The average Bonchev–Trinajstić information content (AvgIpc) is 1.56. The van der Waals surface area contributed by atoms with Crippen LogP contribution in [0, 0.1) is 11.3 Å². The van der Waals surface area contributed by atoms with Crippen molar-refractivity contribution < 1.29 is 28.8 Å². The Bertz CT molecular complexity index is 6960. The minimum absolute atomic E-state index is 0.0699. The molecule has 0 unspecified atom stereocenters. The molecule has 2 aliphatic rings. The summed E-state index contributed by atoms with van der Waals surface area (Å²) >= 11 is 0. The van der Waals surface area contributed by atoms with Gasteiger partial charge in [0.05, 0.1) is 78.8 Å². The Morgan fingerprint density at radius 2 is 0.728 bits per heavy atom. The lowest BCUT2D eigenvalue weighted by Gasteiger charge is -2.45. The molecule has 0 fully saturated rings. The molecule has 6 nitrogen and oxygen atoms in total. The maximum absolute atomic E-state index is 11.4. The summed E-state index contributed by atoms with van der Waals surface area (Å²) < 4.78 is 202. The van der Waals surface area contributed by atoms with Crippen LogP contribution in [-0.4, -0.2) is 20.4 Å². The molecule has 0 aliphatic carbocycles. The van der Waals surface area contributed by atoms with E-state index in [2.05, 4.69) is 6.07 Å². The Balaban J connectivity index is 1.03. The van der Waals surface area contributed by atoms with Crippen molar-refractivity contribution in [1.82, 2.24) is 13.7 Å². The van der Waals surface area contributed by atoms with E-state index in [0.717, 1.165) is 44.1 Å². The van der Waals surface area contributed by atoms with Crippen LogP contribution in [0.1, 0.15) is 34.3 Å². The average molecular weight is 1190 g/mol. The van der Waals surface area contributed by atoms with Gasteiger partial charge in [-0.3, -0.25) is 0 Å². The van der Waals surface area contributed by atoms with Gasteiger partial charge >= 0.3 is 0 Å². The van der Waals surface area contributed by atoms with E-state index in [4.69, 9.17) is 12.3 Å². The Labute approximate surface area is 561 Å². The largest absolute Gasteiger partial charge is 0.311 e. The van der Waals surface area contributed by atoms with Gasteiger partial charge in [0, 0.05) is 72.1 Å². The van der Waals surface area contributed by atoms with Gasteiger partial charge in [0.2, 0.25) is 0 Å². The molecule has 0 radical (unpaired) electrons. The fraction of sp³-hybridized carbons (Fsp3) is 0. The summed E-state index contributed by atoms with van der Waals surface area (Å²) in [6, 6.07) is 50.0. The maximum Gasteiger partial charge on any atom is 0.252 e. The molecule has 7 heteroatoms. The molecule has 0 spiro atoms. The number of fused-ring (bicyclic) bond motifs is 13. The van der Waals surface area contributed by atoms with Gasteiger partial charge in [0.25, 0.3) is 6.71 Å². The van der Waals surface area contributed by atoms with Crippen LogP contribution >= 0.6 is 0 Å². The molecular weight excluding hydrogens is 1120 g/mol. The highest BCUT2D eigenvalue weighted by atomic mass is 15.2. The van der Waals surface area contributed by atoms with E-state index >= 15 is 0 Å². The molecule has 2 aliphatic heterocycles. The number of benzene rings is 14. The predicted octanol–water partition coefficient (Wildman–Crippen LogP) is 19.9. The van der Waals surface area contributed by atoms with Crippen LogP contribution in [0.2, 0.25) is 0 Å². The van der Waals surface area contributed by atoms with Crippen LogP contribution in [0.15, 0.2) is 321 Å². The van der Waals surface area contributed by atoms with Crippen LogP contribution in [0.3, 0.4) is 0 Å². The molecule has 0 bridgehead atoms. The topological polar surface area (TPSA) is 45.1 Å². The van der Waals surface area contributed by atoms with Crippen molar-refractivity contribution in [3.8, 4) is 56.5 Å². The zero-order chi connectivity index (χ0) is 78.8. The highest BCUT2D eigenvalue weighted by Gasteiger charge is 2.45. The molecule has 17 aromatic rings. The number of aromatic nitrogens is 3. The Hall–Kier alpha value is -12.4. The quantitative estimate of drug-likeness (QED) is 0.142. The van der Waals surface area contributed by atoms with Crippen LogP contribution in [0.4, 0.5) is 34.1 Å². The van der Waals surface area contributed by atoms with Gasteiger partial charge in [-0.1, -0.05) is 218 Å². The molecule has 92 heavy (non-hydrogen) atoms. The third kappa shape index (κ3) is 7.74. The van der Waals surface area contributed by atoms with E-state index in [1.54, 1.807) is 48.5 Å². The summed E-state index contributed by atoms with van der Waals surface area (Å²) in [4.78, 5) is 3.89. The zero-order valence-corrected chi connectivity index (χ0v) is 48.2. The van der Waals surface area contributed by atoms with Gasteiger partial charge in [0.15, 0.2) is 0 Å². The first-order chi connectivity index (χ1) is 54.3. The lowest BCUT2D eigenvalue weighted by Crippen LogP contribution is -2.61. The molecule has 19 rings (SSSR count). The second-order valence-electron chi connectivity index (χ2n) is 22.8.